The van der Waals surface area contributed by atoms with Gasteiger partial charge in [0.05, 0.1) is 5.60 Å². The minimum atomic E-state index is -0.0772. The van der Waals surface area contributed by atoms with Gasteiger partial charge in [-0.1, -0.05) is 19.1 Å². The van der Waals surface area contributed by atoms with Crippen LogP contribution in [0.1, 0.15) is 38.7 Å². The smallest absolute Gasteiger partial charge is 0.115 e. The predicted molar refractivity (Wildman–Crippen MR) is 77.5 cm³/mol. The van der Waals surface area contributed by atoms with E-state index in [0.29, 0.717) is 11.8 Å². The summed E-state index contributed by atoms with van der Waals surface area (Å²) in [6, 6.07) is 7.81. The lowest BCUT2D eigenvalue weighted by molar-refractivity contribution is -0.0881. The van der Waals surface area contributed by atoms with Crippen molar-refractivity contribution >= 4 is 0 Å². The fourth-order valence-corrected chi connectivity index (χ4v) is 2.85. The molecule has 1 aromatic carbocycles. The van der Waals surface area contributed by atoms with Gasteiger partial charge in [0.25, 0.3) is 0 Å². The summed E-state index contributed by atoms with van der Waals surface area (Å²) < 4.78 is 6.06. The summed E-state index contributed by atoms with van der Waals surface area (Å²) in [6.07, 6.45) is 4.47. The second-order valence-electron chi connectivity index (χ2n) is 5.60. The number of aromatic hydroxyl groups is 1. The van der Waals surface area contributed by atoms with Gasteiger partial charge in [0.2, 0.25) is 0 Å². The van der Waals surface area contributed by atoms with Gasteiger partial charge in [-0.25, -0.2) is 0 Å². The van der Waals surface area contributed by atoms with Crippen LogP contribution in [0.4, 0.5) is 0 Å². The van der Waals surface area contributed by atoms with Crippen molar-refractivity contribution in [1.82, 2.24) is 5.32 Å². The highest BCUT2D eigenvalue weighted by molar-refractivity contribution is 5.26. The van der Waals surface area contributed by atoms with Gasteiger partial charge in [0, 0.05) is 12.6 Å². The quantitative estimate of drug-likeness (QED) is 0.858. The van der Waals surface area contributed by atoms with E-state index in [9.17, 15) is 5.11 Å². The van der Waals surface area contributed by atoms with Gasteiger partial charge < -0.3 is 15.2 Å². The number of phenols is 1. The van der Waals surface area contributed by atoms with Gasteiger partial charge in [-0.3, -0.25) is 0 Å². The number of hydrogen-bond donors (Lipinski definition) is 2. The van der Waals surface area contributed by atoms with Crippen molar-refractivity contribution in [3.8, 4) is 5.75 Å². The van der Waals surface area contributed by atoms with E-state index in [2.05, 4.69) is 19.2 Å². The van der Waals surface area contributed by atoms with Crippen molar-refractivity contribution in [2.75, 3.05) is 13.2 Å². The molecular weight excluding hydrogens is 238 g/mol. The van der Waals surface area contributed by atoms with Gasteiger partial charge in [0.1, 0.15) is 5.75 Å². The lowest BCUT2D eigenvalue weighted by Gasteiger charge is -2.41. The Morgan fingerprint density at radius 3 is 2.63 bits per heavy atom. The van der Waals surface area contributed by atoms with E-state index in [1.165, 1.54) is 18.4 Å². The molecule has 2 N–H and O–H groups in total. The molecular formula is C16H25NO2. The molecule has 0 spiro atoms. The van der Waals surface area contributed by atoms with Gasteiger partial charge in [0.15, 0.2) is 0 Å². The van der Waals surface area contributed by atoms with Crippen LogP contribution in [-0.2, 0) is 11.2 Å². The Morgan fingerprint density at radius 1 is 1.32 bits per heavy atom. The fraction of sp³-hybridized carbons (Fsp3) is 0.625. The van der Waals surface area contributed by atoms with E-state index in [1.807, 2.05) is 12.1 Å². The average Bonchev–Trinajstić information content (AvgIpc) is 2.41. The zero-order chi connectivity index (χ0) is 13.7. The Balaban J connectivity index is 2.08. The van der Waals surface area contributed by atoms with Gasteiger partial charge in [-0.2, -0.15) is 0 Å². The molecule has 2 unspecified atom stereocenters. The molecule has 3 nitrogen and oxygen atoms in total. The van der Waals surface area contributed by atoms with E-state index in [4.69, 9.17) is 4.74 Å². The first-order valence-electron chi connectivity index (χ1n) is 7.29. The lowest BCUT2D eigenvalue weighted by Crippen LogP contribution is -2.53. The molecule has 0 aliphatic carbocycles. The molecule has 1 aliphatic rings. The molecule has 0 bridgehead atoms. The largest absolute Gasteiger partial charge is 0.508 e. The zero-order valence-electron chi connectivity index (χ0n) is 12.0. The summed E-state index contributed by atoms with van der Waals surface area (Å²) >= 11 is 0. The summed E-state index contributed by atoms with van der Waals surface area (Å²) in [4.78, 5) is 0. The minimum absolute atomic E-state index is 0.0772. The molecule has 1 heterocycles. The maximum absolute atomic E-state index is 9.35. The van der Waals surface area contributed by atoms with E-state index < -0.39 is 0 Å². The van der Waals surface area contributed by atoms with Gasteiger partial charge in [-0.15, -0.1) is 0 Å². The summed E-state index contributed by atoms with van der Waals surface area (Å²) in [5.41, 5.74) is 1.16. The third kappa shape index (κ3) is 3.71. The maximum Gasteiger partial charge on any atom is 0.115 e. The molecule has 2 atom stereocenters. The van der Waals surface area contributed by atoms with Crippen LogP contribution in [0, 0.1) is 0 Å². The fourth-order valence-electron chi connectivity index (χ4n) is 2.85. The van der Waals surface area contributed by atoms with Crippen LogP contribution in [0.2, 0.25) is 0 Å². The number of benzene rings is 1. The van der Waals surface area contributed by atoms with Crippen LogP contribution in [-0.4, -0.2) is 29.9 Å². The summed E-state index contributed by atoms with van der Waals surface area (Å²) in [5.74, 6) is 0.323. The monoisotopic (exact) mass is 263 g/mol. The molecule has 3 heteroatoms. The topological polar surface area (TPSA) is 41.5 Å². The van der Waals surface area contributed by atoms with Crippen molar-refractivity contribution in [2.45, 2.75) is 51.2 Å². The Kier molecular flexibility index (Phi) is 4.83. The maximum atomic E-state index is 9.35. The van der Waals surface area contributed by atoms with E-state index in [1.54, 1.807) is 12.1 Å². The number of likely N-dealkylation sites (N-methyl/N-ethyl adjacent to an activating group) is 1. The van der Waals surface area contributed by atoms with Gasteiger partial charge >= 0.3 is 0 Å². The Morgan fingerprint density at radius 2 is 2.05 bits per heavy atom. The van der Waals surface area contributed by atoms with Crippen LogP contribution < -0.4 is 5.32 Å². The molecule has 0 saturated carbocycles. The first-order chi connectivity index (χ1) is 9.14. The molecule has 106 valence electrons. The lowest BCUT2D eigenvalue weighted by atomic mass is 9.84. The number of ether oxygens (including phenoxy) is 1. The van der Waals surface area contributed by atoms with Crippen LogP contribution in [0.15, 0.2) is 24.3 Å². The molecule has 0 radical (unpaired) electrons. The third-order valence-electron chi connectivity index (χ3n) is 4.06. The molecule has 19 heavy (non-hydrogen) atoms. The minimum Gasteiger partial charge on any atom is -0.508 e. The highest BCUT2D eigenvalue weighted by Gasteiger charge is 2.36. The number of phenolic OH excluding ortho intramolecular Hbond substituents is 1. The van der Waals surface area contributed by atoms with Crippen molar-refractivity contribution < 1.29 is 9.84 Å². The first kappa shape index (κ1) is 14.4. The molecule has 0 amide bonds. The Hall–Kier alpha value is -1.06. The van der Waals surface area contributed by atoms with E-state index in [-0.39, 0.29) is 5.60 Å². The van der Waals surface area contributed by atoms with Crippen LogP contribution in [0.5, 0.6) is 5.75 Å². The van der Waals surface area contributed by atoms with Crippen molar-refractivity contribution in [3.05, 3.63) is 29.8 Å². The second kappa shape index (κ2) is 6.40. The predicted octanol–water partition coefficient (Wildman–Crippen LogP) is 2.87. The third-order valence-corrected chi connectivity index (χ3v) is 4.06. The molecule has 1 aromatic rings. The standard InChI is InChI=1S/C16H25NO2/c1-3-17-15(16(2)10-4-5-11-19-16)12-13-6-8-14(18)9-7-13/h6-9,15,17-18H,3-5,10-12H2,1-2H3. The number of nitrogens with one attached hydrogen (secondary N) is 1. The number of hydrogen-bond acceptors (Lipinski definition) is 3. The second-order valence-corrected chi connectivity index (χ2v) is 5.60. The highest BCUT2D eigenvalue weighted by Crippen LogP contribution is 2.29. The SMILES string of the molecule is CCNC(Cc1ccc(O)cc1)C1(C)CCCCO1. The highest BCUT2D eigenvalue weighted by atomic mass is 16.5. The van der Waals surface area contributed by atoms with Crippen molar-refractivity contribution in [3.63, 3.8) is 0 Å². The molecule has 1 aliphatic heterocycles. The van der Waals surface area contributed by atoms with Crippen molar-refractivity contribution in [2.24, 2.45) is 0 Å². The number of rotatable bonds is 5. The van der Waals surface area contributed by atoms with E-state index in [0.717, 1.165) is 26.0 Å². The zero-order valence-corrected chi connectivity index (χ0v) is 12.0. The molecule has 2 rings (SSSR count). The average molecular weight is 263 g/mol. The summed E-state index contributed by atoms with van der Waals surface area (Å²) in [6.45, 7) is 6.17. The van der Waals surface area contributed by atoms with Gasteiger partial charge in [-0.05, 0) is 56.8 Å². The molecule has 1 saturated heterocycles. The first-order valence-corrected chi connectivity index (χ1v) is 7.29. The van der Waals surface area contributed by atoms with Crippen LogP contribution in [0.3, 0.4) is 0 Å². The normalized spacial score (nSPS) is 25.2. The van der Waals surface area contributed by atoms with Crippen molar-refractivity contribution in [1.29, 1.82) is 0 Å². The van der Waals surface area contributed by atoms with Crippen LogP contribution in [0.25, 0.3) is 0 Å². The summed E-state index contributed by atoms with van der Waals surface area (Å²) in [5, 5.41) is 12.9. The Bertz CT molecular complexity index is 382. The Labute approximate surface area is 116 Å². The van der Waals surface area contributed by atoms with Crippen LogP contribution >= 0.6 is 0 Å². The molecule has 0 aromatic heterocycles. The summed E-state index contributed by atoms with van der Waals surface area (Å²) in [7, 11) is 0. The van der Waals surface area contributed by atoms with E-state index >= 15 is 0 Å². The molecule has 1 fully saturated rings.